The molecule has 98 valence electrons. The van der Waals surface area contributed by atoms with Crippen LogP contribution in [0.1, 0.15) is 27.2 Å². The molecule has 0 amide bonds. The Bertz CT molecular complexity index is 278. The van der Waals surface area contributed by atoms with Crippen LogP contribution in [0.2, 0.25) is 0 Å². The molecule has 0 aliphatic heterocycles. The Morgan fingerprint density at radius 2 is 1.81 bits per heavy atom. The Morgan fingerprint density at radius 1 is 1.25 bits per heavy atom. The summed E-state index contributed by atoms with van der Waals surface area (Å²) in [6.45, 7) is 7.21. The van der Waals surface area contributed by atoms with Crippen molar-refractivity contribution >= 4 is 10.2 Å². The average Bonchev–Trinajstić information content (AvgIpc) is 2.17. The zero-order valence-corrected chi connectivity index (χ0v) is 11.8. The van der Waals surface area contributed by atoms with Crippen molar-refractivity contribution in [3.63, 3.8) is 0 Å². The minimum atomic E-state index is -3.33. The van der Waals surface area contributed by atoms with E-state index >= 15 is 0 Å². The zero-order chi connectivity index (χ0) is 12.8. The Hall–Kier alpha value is -0.170. The van der Waals surface area contributed by atoms with E-state index in [4.69, 9.17) is 0 Å². The molecule has 1 atom stereocenters. The van der Waals surface area contributed by atoms with Gasteiger partial charge in [0.2, 0.25) is 0 Å². The van der Waals surface area contributed by atoms with E-state index in [2.05, 4.69) is 10.0 Å². The molecule has 5 nitrogen and oxygen atoms in total. The number of rotatable bonds is 8. The van der Waals surface area contributed by atoms with Crippen LogP contribution >= 0.6 is 0 Å². The lowest BCUT2D eigenvalue weighted by molar-refractivity contribution is 0.419. The van der Waals surface area contributed by atoms with Gasteiger partial charge in [-0.05, 0) is 32.9 Å². The van der Waals surface area contributed by atoms with E-state index in [-0.39, 0.29) is 6.04 Å². The van der Waals surface area contributed by atoms with Crippen LogP contribution in [-0.4, -0.2) is 45.9 Å². The Balaban J connectivity index is 4.21. The van der Waals surface area contributed by atoms with Gasteiger partial charge in [-0.25, -0.2) is 0 Å². The number of nitrogens with zero attached hydrogens (tertiary/aromatic N) is 1. The summed E-state index contributed by atoms with van der Waals surface area (Å²) < 4.78 is 27.7. The molecule has 0 spiro atoms. The van der Waals surface area contributed by atoms with Gasteiger partial charge in [-0.1, -0.05) is 13.8 Å². The standard InChI is InChI=1S/C10H25N3O2S/c1-9(2)10(3)12-16(14,15)13(5)8-6-7-11-4/h9-12H,6-8H2,1-5H3. The van der Waals surface area contributed by atoms with E-state index in [9.17, 15) is 8.42 Å². The topological polar surface area (TPSA) is 61.4 Å². The second-order valence-corrected chi connectivity index (χ2v) is 6.24. The molecule has 1 unspecified atom stereocenters. The van der Waals surface area contributed by atoms with Crippen LogP contribution in [0.5, 0.6) is 0 Å². The van der Waals surface area contributed by atoms with E-state index in [1.807, 2.05) is 27.8 Å². The van der Waals surface area contributed by atoms with Crippen LogP contribution < -0.4 is 10.0 Å². The van der Waals surface area contributed by atoms with Gasteiger partial charge >= 0.3 is 0 Å². The highest BCUT2D eigenvalue weighted by atomic mass is 32.2. The molecular weight excluding hydrogens is 226 g/mol. The molecule has 16 heavy (non-hydrogen) atoms. The zero-order valence-electron chi connectivity index (χ0n) is 10.9. The largest absolute Gasteiger partial charge is 0.320 e. The van der Waals surface area contributed by atoms with Gasteiger partial charge < -0.3 is 5.32 Å². The number of hydrogen-bond acceptors (Lipinski definition) is 3. The van der Waals surface area contributed by atoms with Crippen molar-refractivity contribution in [2.45, 2.75) is 33.2 Å². The van der Waals surface area contributed by atoms with E-state index in [0.29, 0.717) is 12.5 Å². The molecule has 0 fully saturated rings. The highest BCUT2D eigenvalue weighted by Crippen LogP contribution is 2.04. The molecule has 0 aliphatic carbocycles. The van der Waals surface area contributed by atoms with Crippen molar-refractivity contribution in [2.24, 2.45) is 5.92 Å². The Kier molecular flexibility index (Phi) is 7.14. The van der Waals surface area contributed by atoms with Gasteiger partial charge in [0.25, 0.3) is 10.2 Å². The van der Waals surface area contributed by atoms with Crippen LogP contribution in [-0.2, 0) is 10.2 Å². The molecular formula is C10H25N3O2S. The van der Waals surface area contributed by atoms with Gasteiger partial charge in [0.05, 0.1) is 0 Å². The lowest BCUT2D eigenvalue weighted by Gasteiger charge is -2.23. The first kappa shape index (κ1) is 15.8. The molecule has 0 aliphatic rings. The summed E-state index contributed by atoms with van der Waals surface area (Å²) in [6, 6.07) is -0.0447. The first-order valence-electron chi connectivity index (χ1n) is 5.69. The Morgan fingerprint density at radius 3 is 2.25 bits per heavy atom. The molecule has 0 radical (unpaired) electrons. The molecule has 0 saturated heterocycles. The van der Waals surface area contributed by atoms with E-state index in [0.717, 1.165) is 13.0 Å². The number of hydrogen-bond donors (Lipinski definition) is 2. The van der Waals surface area contributed by atoms with Gasteiger partial charge in [-0.2, -0.15) is 17.4 Å². The summed E-state index contributed by atoms with van der Waals surface area (Å²) in [7, 11) is 0.128. The van der Waals surface area contributed by atoms with Gasteiger partial charge in [0, 0.05) is 19.6 Å². The maximum absolute atomic E-state index is 11.8. The van der Waals surface area contributed by atoms with Crippen molar-refractivity contribution in [2.75, 3.05) is 27.2 Å². The predicted molar refractivity (Wildman–Crippen MR) is 67.5 cm³/mol. The number of nitrogens with one attached hydrogen (secondary N) is 2. The lowest BCUT2D eigenvalue weighted by Crippen LogP contribution is -2.45. The first-order valence-corrected chi connectivity index (χ1v) is 7.13. The molecule has 0 aromatic heterocycles. The lowest BCUT2D eigenvalue weighted by atomic mass is 10.1. The van der Waals surface area contributed by atoms with Gasteiger partial charge in [-0.15, -0.1) is 0 Å². The molecule has 0 saturated carbocycles. The van der Waals surface area contributed by atoms with E-state index < -0.39 is 10.2 Å². The Labute approximate surface area is 99.8 Å². The molecule has 0 heterocycles. The summed E-state index contributed by atoms with van der Waals surface area (Å²) in [5.74, 6) is 0.292. The fraction of sp³-hybridized carbons (Fsp3) is 1.00. The molecule has 2 N–H and O–H groups in total. The maximum Gasteiger partial charge on any atom is 0.279 e. The predicted octanol–water partition coefficient (Wildman–Crippen LogP) is 0.407. The highest BCUT2D eigenvalue weighted by molar-refractivity contribution is 7.87. The van der Waals surface area contributed by atoms with Crippen LogP contribution in [0.3, 0.4) is 0 Å². The molecule has 0 rings (SSSR count). The monoisotopic (exact) mass is 251 g/mol. The summed E-state index contributed by atoms with van der Waals surface area (Å²) in [6.07, 6.45) is 0.809. The quantitative estimate of drug-likeness (QED) is 0.614. The van der Waals surface area contributed by atoms with Crippen LogP contribution in [0.25, 0.3) is 0 Å². The second-order valence-electron chi connectivity index (χ2n) is 4.43. The van der Waals surface area contributed by atoms with Crippen molar-refractivity contribution in [3.8, 4) is 0 Å². The maximum atomic E-state index is 11.8. The van der Waals surface area contributed by atoms with Crippen molar-refractivity contribution in [3.05, 3.63) is 0 Å². The normalized spacial score (nSPS) is 14.7. The van der Waals surface area contributed by atoms with Crippen molar-refractivity contribution in [1.82, 2.24) is 14.3 Å². The van der Waals surface area contributed by atoms with Gasteiger partial charge in [-0.3, -0.25) is 0 Å². The third-order valence-electron chi connectivity index (χ3n) is 2.64. The summed E-state index contributed by atoms with van der Waals surface area (Å²) >= 11 is 0. The first-order chi connectivity index (χ1) is 7.31. The third-order valence-corrected chi connectivity index (χ3v) is 4.32. The van der Waals surface area contributed by atoms with Crippen LogP contribution in [0.4, 0.5) is 0 Å². The molecule has 0 aromatic carbocycles. The SMILES string of the molecule is CNCCCN(C)S(=O)(=O)NC(C)C(C)C. The smallest absolute Gasteiger partial charge is 0.279 e. The molecule has 6 heteroatoms. The highest BCUT2D eigenvalue weighted by Gasteiger charge is 2.20. The minimum absolute atomic E-state index is 0.0447. The van der Waals surface area contributed by atoms with Crippen LogP contribution in [0, 0.1) is 5.92 Å². The van der Waals surface area contributed by atoms with E-state index in [1.54, 1.807) is 7.05 Å². The minimum Gasteiger partial charge on any atom is -0.320 e. The summed E-state index contributed by atoms with van der Waals surface area (Å²) in [5, 5.41) is 2.99. The van der Waals surface area contributed by atoms with E-state index in [1.165, 1.54) is 4.31 Å². The van der Waals surface area contributed by atoms with Gasteiger partial charge in [0.1, 0.15) is 0 Å². The third kappa shape index (κ3) is 5.79. The molecule has 0 bridgehead atoms. The fourth-order valence-electron chi connectivity index (χ4n) is 1.06. The summed E-state index contributed by atoms with van der Waals surface area (Å²) in [5.41, 5.74) is 0. The fourth-order valence-corrected chi connectivity index (χ4v) is 2.35. The second kappa shape index (κ2) is 7.21. The molecule has 0 aromatic rings. The average molecular weight is 251 g/mol. The van der Waals surface area contributed by atoms with Crippen molar-refractivity contribution in [1.29, 1.82) is 0 Å². The van der Waals surface area contributed by atoms with Crippen molar-refractivity contribution < 1.29 is 8.42 Å². The van der Waals surface area contributed by atoms with Crippen LogP contribution in [0.15, 0.2) is 0 Å². The van der Waals surface area contributed by atoms with Gasteiger partial charge in [0.15, 0.2) is 0 Å². The summed E-state index contributed by atoms with van der Waals surface area (Å²) in [4.78, 5) is 0.